The summed E-state index contributed by atoms with van der Waals surface area (Å²) in [6.07, 6.45) is 5.05. The highest BCUT2D eigenvalue weighted by molar-refractivity contribution is 9.10. The molecule has 9 nitrogen and oxygen atoms in total. The lowest BCUT2D eigenvalue weighted by Gasteiger charge is -2.20. The van der Waals surface area contributed by atoms with Gasteiger partial charge in [0.05, 0.1) is 11.4 Å². The SMILES string of the molecule is O=C(NCC(c1ccccn1)n1cccn1)C1=NS(=O)(=O)c2cc(Br)ccc2N1. The van der Waals surface area contributed by atoms with Crippen molar-refractivity contribution in [3.05, 3.63) is 71.2 Å². The molecule has 0 aliphatic carbocycles. The Balaban J connectivity index is 1.55. The van der Waals surface area contributed by atoms with E-state index in [4.69, 9.17) is 0 Å². The van der Waals surface area contributed by atoms with Gasteiger partial charge in [0.1, 0.15) is 10.9 Å². The zero-order chi connectivity index (χ0) is 20.4. The van der Waals surface area contributed by atoms with Crippen molar-refractivity contribution < 1.29 is 13.2 Å². The minimum atomic E-state index is -3.99. The minimum Gasteiger partial charge on any atom is -0.347 e. The van der Waals surface area contributed by atoms with Gasteiger partial charge in [-0.25, -0.2) is 0 Å². The molecular formula is C18H15BrN6O3S. The van der Waals surface area contributed by atoms with E-state index in [-0.39, 0.29) is 23.3 Å². The van der Waals surface area contributed by atoms with E-state index in [9.17, 15) is 13.2 Å². The molecule has 0 spiro atoms. The molecule has 1 atom stereocenters. The molecule has 1 amide bonds. The molecule has 2 aromatic heterocycles. The van der Waals surface area contributed by atoms with Gasteiger partial charge in [-0.2, -0.15) is 13.5 Å². The summed E-state index contributed by atoms with van der Waals surface area (Å²) < 4.78 is 30.8. The van der Waals surface area contributed by atoms with Gasteiger partial charge < -0.3 is 10.6 Å². The van der Waals surface area contributed by atoms with Gasteiger partial charge in [-0.3, -0.25) is 14.5 Å². The maximum Gasteiger partial charge on any atom is 0.288 e. The lowest BCUT2D eigenvalue weighted by atomic mass is 10.2. The van der Waals surface area contributed by atoms with Gasteiger partial charge >= 0.3 is 0 Å². The van der Waals surface area contributed by atoms with Gasteiger partial charge in [-0.15, -0.1) is 4.40 Å². The first kappa shape index (κ1) is 19.3. The number of rotatable bonds is 5. The Hall–Kier alpha value is -3.05. The average Bonchev–Trinajstić information content (AvgIpc) is 3.23. The zero-order valence-electron chi connectivity index (χ0n) is 14.9. The van der Waals surface area contributed by atoms with Crippen LogP contribution in [0.4, 0.5) is 5.69 Å². The fourth-order valence-corrected chi connectivity index (χ4v) is 4.53. The van der Waals surface area contributed by atoms with Gasteiger partial charge in [-0.05, 0) is 36.4 Å². The fourth-order valence-electron chi connectivity index (χ4n) is 2.88. The van der Waals surface area contributed by atoms with E-state index in [1.54, 1.807) is 47.5 Å². The largest absolute Gasteiger partial charge is 0.347 e. The molecule has 1 unspecified atom stereocenters. The van der Waals surface area contributed by atoms with Crippen molar-refractivity contribution >= 4 is 43.4 Å². The molecule has 1 aliphatic heterocycles. The second kappa shape index (κ2) is 7.76. The standard InChI is InChI=1S/C18H15BrN6O3S/c19-12-5-6-14-16(10-12)29(27,28)24-17(23-14)18(26)21-11-15(25-9-3-8-22-25)13-4-1-2-7-20-13/h1-10,15H,11H2,(H,21,26)(H,23,24). The molecule has 29 heavy (non-hydrogen) atoms. The van der Waals surface area contributed by atoms with Crippen LogP contribution in [0.25, 0.3) is 0 Å². The van der Waals surface area contributed by atoms with E-state index in [0.717, 1.165) is 0 Å². The van der Waals surface area contributed by atoms with Crippen molar-refractivity contribution in [3.63, 3.8) is 0 Å². The van der Waals surface area contributed by atoms with Crippen molar-refractivity contribution in [1.29, 1.82) is 0 Å². The second-order valence-electron chi connectivity index (χ2n) is 6.15. The molecule has 3 aromatic rings. The Morgan fingerprint density at radius 2 is 2.07 bits per heavy atom. The average molecular weight is 475 g/mol. The maximum absolute atomic E-state index is 12.6. The number of pyridine rings is 1. The van der Waals surface area contributed by atoms with Gasteiger partial charge in [-0.1, -0.05) is 22.0 Å². The Labute approximate surface area is 175 Å². The monoisotopic (exact) mass is 474 g/mol. The zero-order valence-corrected chi connectivity index (χ0v) is 17.3. The Bertz CT molecular complexity index is 1180. The van der Waals surface area contributed by atoms with Crippen LogP contribution in [0.5, 0.6) is 0 Å². The third kappa shape index (κ3) is 4.05. The number of hydrogen-bond donors (Lipinski definition) is 2. The molecule has 1 aromatic carbocycles. The number of amides is 1. The first-order valence-electron chi connectivity index (χ1n) is 8.54. The summed E-state index contributed by atoms with van der Waals surface area (Å²) in [5.41, 5.74) is 1.000. The molecule has 3 heterocycles. The molecule has 4 rings (SSSR count). The first-order chi connectivity index (χ1) is 13.9. The molecule has 0 fully saturated rings. The number of sulfonamides is 1. The molecule has 0 saturated carbocycles. The van der Waals surface area contributed by atoms with E-state index in [0.29, 0.717) is 15.9 Å². The minimum absolute atomic E-state index is 0.00586. The number of carbonyl (C=O) groups is 1. The number of hydrogen-bond acceptors (Lipinski definition) is 6. The predicted molar refractivity (Wildman–Crippen MR) is 110 cm³/mol. The molecule has 11 heteroatoms. The molecule has 0 bridgehead atoms. The van der Waals surface area contributed by atoms with Crippen molar-refractivity contribution in [2.24, 2.45) is 4.40 Å². The molecule has 148 valence electrons. The number of nitrogens with one attached hydrogen (secondary N) is 2. The quantitative estimate of drug-likeness (QED) is 0.583. The van der Waals surface area contributed by atoms with Crippen LogP contribution in [0.1, 0.15) is 11.7 Å². The van der Waals surface area contributed by atoms with Crippen LogP contribution in [0, 0.1) is 0 Å². The Kier molecular flexibility index (Phi) is 5.16. The molecule has 1 aliphatic rings. The van der Waals surface area contributed by atoms with Crippen LogP contribution in [-0.2, 0) is 14.8 Å². The van der Waals surface area contributed by atoms with Crippen LogP contribution in [0.2, 0.25) is 0 Å². The Morgan fingerprint density at radius 1 is 1.21 bits per heavy atom. The van der Waals surface area contributed by atoms with E-state index < -0.39 is 15.9 Å². The van der Waals surface area contributed by atoms with E-state index in [1.165, 1.54) is 6.07 Å². The highest BCUT2D eigenvalue weighted by Gasteiger charge is 2.29. The number of amidine groups is 1. The van der Waals surface area contributed by atoms with Crippen molar-refractivity contribution in [1.82, 2.24) is 20.1 Å². The van der Waals surface area contributed by atoms with Crippen molar-refractivity contribution in [2.45, 2.75) is 10.9 Å². The summed E-state index contributed by atoms with van der Waals surface area (Å²) in [5.74, 6) is -0.935. The summed E-state index contributed by atoms with van der Waals surface area (Å²) in [4.78, 5) is 17.0. The van der Waals surface area contributed by atoms with E-state index in [2.05, 4.69) is 41.0 Å². The van der Waals surface area contributed by atoms with Crippen LogP contribution in [0.3, 0.4) is 0 Å². The summed E-state index contributed by atoms with van der Waals surface area (Å²) in [7, 11) is -3.99. The molecular weight excluding hydrogens is 460 g/mol. The highest BCUT2D eigenvalue weighted by atomic mass is 79.9. The number of anilines is 1. The first-order valence-corrected chi connectivity index (χ1v) is 10.8. The summed E-state index contributed by atoms with van der Waals surface area (Å²) in [6, 6.07) is 11.6. The van der Waals surface area contributed by atoms with Gasteiger partial charge in [0.2, 0.25) is 5.84 Å². The Morgan fingerprint density at radius 3 is 2.79 bits per heavy atom. The van der Waals surface area contributed by atoms with E-state index in [1.807, 2.05) is 12.1 Å². The van der Waals surface area contributed by atoms with Crippen LogP contribution < -0.4 is 10.6 Å². The number of benzene rings is 1. The van der Waals surface area contributed by atoms with Crippen LogP contribution >= 0.6 is 15.9 Å². The normalized spacial score (nSPS) is 15.6. The van der Waals surface area contributed by atoms with Crippen molar-refractivity contribution in [3.8, 4) is 0 Å². The van der Waals surface area contributed by atoms with Gasteiger partial charge in [0.25, 0.3) is 15.9 Å². The van der Waals surface area contributed by atoms with Gasteiger partial charge in [0, 0.05) is 29.6 Å². The molecule has 0 saturated heterocycles. The highest BCUT2D eigenvalue weighted by Crippen LogP contribution is 2.30. The predicted octanol–water partition coefficient (Wildman–Crippen LogP) is 1.96. The van der Waals surface area contributed by atoms with Crippen LogP contribution in [0.15, 0.2) is 74.8 Å². The number of fused-ring (bicyclic) bond motifs is 1. The lowest BCUT2D eigenvalue weighted by molar-refractivity contribution is -0.114. The smallest absolute Gasteiger partial charge is 0.288 e. The number of aromatic nitrogens is 3. The third-order valence-corrected chi connectivity index (χ3v) is 6.04. The number of carbonyl (C=O) groups excluding carboxylic acids is 1. The fraction of sp³-hybridized carbons (Fsp3) is 0.111. The van der Waals surface area contributed by atoms with E-state index >= 15 is 0 Å². The molecule has 0 radical (unpaired) electrons. The topological polar surface area (TPSA) is 118 Å². The summed E-state index contributed by atoms with van der Waals surface area (Å²) in [5, 5.41) is 9.71. The second-order valence-corrected chi connectivity index (χ2v) is 8.64. The molecule has 2 N–H and O–H groups in total. The number of nitrogens with zero attached hydrogens (tertiary/aromatic N) is 4. The van der Waals surface area contributed by atoms with Crippen LogP contribution in [-0.4, -0.2) is 41.5 Å². The van der Waals surface area contributed by atoms with Gasteiger partial charge in [0.15, 0.2) is 0 Å². The van der Waals surface area contributed by atoms with Crippen molar-refractivity contribution in [2.75, 3.05) is 11.9 Å². The number of halogens is 1. The summed E-state index contributed by atoms with van der Waals surface area (Å²) in [6.45, 7) is 0.144. The maximum atomic E-state index is 12.6. The lowest BCUT2D eigenvalue weighted by Crippen LogP contribution is -2.41. The third-order valence-electron chi connectivity index (χ3n) is 4.23. The summed E-state index contributed by atoms with van der Waals surface area (Å²) >= 11 is 3.23.